The Hall–Kier alpha value is -1.89. The predicted octanol–water partition coefficient (Wildman–Crippen LogP) is 1.35. The molecule has 1 N–H and O–H groups in total. The summed E-state index contributed by atoms with van der Waals surface area (Å²) in [6.45, 7) is 10.6. The van der Waals surface area contributed by atoms with Crippen LogP contribution in [-0.2, 0) is 16.0 Å². The molecule has 3 rings (SSSR count). The largest absolute Gasteiger partial charge is 0.378 e. The molecule has 0 aromatic carbocycles. The van der Waals surface area contributed by atoms with Gasteiger partial charge in [0.15, 0.2) is 0 Å². The maximum Gasteiger partial charge on any atom is 0.255 e. The second-order valence-corrected chi connectivity index (χ2v) is 7.80. The van der Waals surface area contributed by atoms with Gasteiger partial charge in [0, 0.05) is 43.9 Å². The first-order valence-electron chi connectivity index (χ1n) is 9.64. The van der Waals surface area contributed by atoms with Crippen LogP contribution >= 0.6 is 0 Å². The lowest BCUT2D eigenvalue weighted by Crippen LogP contribution is -2.42. The fraction of sp³-hybridized carbons (Fsp3) is 0.737. The minimum atomic E-state index is -0.132. The zero-order valence-electron chi connectivity index (χ0n) is 16.1. The minimum Gasteiger partial charge on any atom is -0.378 e. The van der Waals surface area contributed by atoms with Crippen LogP contribution in [0.25, 0.3) is 0 Å². The first-order chi connectivity index (χ1) is 12.4. The highest BCUT2D eigenvalue weighted by atomic mass is 16.5. The molecule has 0 radical (unpaired) electrons. The summed E-state index contributed by atoms with van der Waals surface area (Å²) in [6.07, 6.45) is 1.98. The second-order valence-electron chi connectivity index (χ2n) is 7.80. The Labute approximate surface area is 154 Å². The molecular formula is C19H30N4O3. The Balaban J connectivity index is 1.64. The minimum absolute atomic E-state index is 0.132. The van der Waals surface area contributed by atoms with Crippen molar-refractivity contribution in [2.75, 3.05) is 44.3 Å². The molecule has 2 aliphatic heterocycles. The van der Waals surface area contributed by atoms with Gasteiger partial charge in [0.2, 0.25) is 11.9 Å². The molecule has 144 valence electrons. The number of amides is 1. The average molecular weight is 362 g/mol. The number of ether oxygens (including phenoxy) is 1. The second kappa shape index (κ2) is 8.20. The molecule has 0 unspecified atom stereocenters. The quantitative estimate of drug-likeness (QED) is 0.875. The van der Waals surface area contributed by atoms with Gasteiger partial charge in [-0.2, -0.15) is 0 Å². The molecule has 0 aliphatic carbocycles. The molecule has 26 heavy (non-hydrogen) atoms. The number of piperidine rings is 1. The van der Waals surface area contributed by atoms with Crippen LogP contribution in [0, 0.1) is 18.8 Å². The van der Waals surface area contributed by atoms with Crippen molar-refractivity contribution in [3.05, 3.63) is 21.6 Å². The Morgan fingerprint density at radius 2 is 1.88 bits per heavy atom. The number of likely N-dealkylation sites (tertiary alicyclic amines) is 1. The van der Waals surface area contributed by atoms with E-state index in [9.17, 15) is 9.59 Å². The summed E-state index contributed by atoms with van der Waals surface area (Å²) in [7, 11) is 0. The van der Waals surface area contributed by atoms with Crippen LogP contribution in [-0.4, -0.2) is 60.2 Å². The average Bonchev–Trinajstić information content (AvgIpc) is 2.60. The number of aromatic nitrogens is 2. The maximum atomic E-state index is 12.6. The number of rotatable bonds is 4. The topological polar surface area (TPSA) is 78.5 Å². The van der Waals surface area contributed by atoms with Gasteiger partial charge in [-0.15, -0.1) is 0 Å². The third-order valence-electron chi connectivity index (χ3n) is 5.33. The number of hydrogen-bond donors (Lipinski definition) is 1. The van der Waals surface area contributed by atoms with Gasteiger partial charge in [0.1, 0.15) is 0 Å². The number of nitrogens with one attached hydrogen (secondary N) is 1. The van der Waals surface area contributed by atoms with E-state index in [1.807, 2.05) is 16.7 Å². The first-order valence-corrected chi connectivity index (χ1v) is 9.64. The SMILES string of the molecule is Cc1nc(N2CCOCC2)[nH]c(=O)c1CCC(=O)N1C[C@H](C)C[C@H](C)C1. The van der Waals surface area contributed by atoms with Gasteiger partial charge in [-0.3, -0.25) is 14.6 Å². The van der Waals surface area contributed by atoms with E-state index >= 15 is 0 Å². The van der Waals surface area contributed by atoms with Crippen LogP contribution in [0.15, 0.2) is 4.79 Å². The van der Waals surface area contributed by atoms with Gasteiger partial charge in [-0.05, 0) is 31.6 Å². The molecular weight excluding hydrogens is 332 g/mol. The number of hydrogen-bond acceptors (Lipinski definition) is 5. The molecule has 7 nitrogen and oxygen atoms in total. The van der Waals surface area contributed by atoms with Gasteiger partial charge >= 0.3 is 0 Å². The molecule has 3 heterocycles. The predicted molar refractivity (Wildman–Crippen MR) is 100 cm³/mol. The fourth-order valence-electron chi connectivity index (χ4n) is 4.07. The highest BCUT2D eigenvalue weighted by molar-refractivity contribution is 5.76. The Bertz CT molecular complexity index is 687. The normalized spacial score (nSPS) is 24.0. The van der Waals surface area contributed by atoms with Crippen molar-refractivity contribution in [1.82, 2.24) is 14.9 Å². The van der Waals surface area contributed by atoms with Gasteiger partial charge in [-0.25, -0.2) is 4.98 Å². The summed E-state index contributed by atoms with van der Waals surface area (Å²) < 4.78 is 5.34. The summed E-state index contributed by atoms with van der Waals surface area (Å²) in [5.41, 5.74) is 1.20. The van der Waals surface area contributed by atoms with Crippen LogP contribution in [0.4, 0.5) is 5.95 Å². The van der Waals surface area contributed by atoms with Gasteiger partial charge in [-0.1, -0.05) is 13.8 Å². The van der Waals surface area contributed by atoms with Gasteiger partial charge in [0.25, 0.3) is 5.56 Å². The number of carbonyl (C=O) groups excluding carboxylic acids is 1. The van der Waals surface area contributed by atoms with Crippen molar-refractivity contribution in [3.63, 3.8) is 0 Å². The van der Waals surface area contributed by atoms with Crippen molar-refractivity contribution < 1.29 is 9.53 Å². The molecule has 1 aromatic heterocycles. The standard InChI is InChI=1S/C19H30N4O3/c1-13-10-14(2)12-23(11-13)17(24)5-4-16-15(3)20-19(21-18(16)25)22-6-8-26-9-7-22/h13-14H,4-12H2,1-3H3,(H,20,21,25)/t13-,14+. The highest BCUT2D eigenvalue weighted by Gasteiger charge is 2.25. The van der Waals surface area contributed by atoms with E-state index in [1.165, 1.54) is 6.42 Å². The number of nitrogens with zero attached hydrogens (tertiary/aromatic N) is 3. The smallest absolute Gasteiger partial charge is 0.255 e. The van der Waals surface area contributed by atoms with E-state index in [2.05, 4.69) is 23.8 Å². The van der Waals surface area contributed by atoms with E-state index < -0.39 is 0 Å². The summed E-state index contributed by atoms with van der Waals surface area (Å²) in [4.78, 5) is 36.5. The number of H-pyrrole nitrogens is 1. The summed E-state index contributed by atoms with van der Waals surface area (Å²) in [5.74, 6) is 1.83. The molecule has 1 amide bonds. The van der Waals surface area contributed by atoms with Crippen molar-refractivity contribution >= 4 is 11.9 Å². The molecule has 0 saturated carbocycles. The van der Waals surface area contributed by atoms with Crippen molar-refractivity contribution in [1.29, 1.82) is 0 Å². The molecule has 1 aromatic rings. The lowest BCUT2D eigenvalue weighted by Gasteiger charge is -2.35. The molecule has 2 fully saturated rings. The van der Waals surface area contributed by atoms with E-state index in [4.69, 9.17) is 4.74 Å². The number of carbonyl (C=O) groups is 1. The van der Waals surface area contributed by atoms with E-state index in [1.54, 1.807) is 0 Å². The lowest BCUT2D eigenvalue weighted by atomic mass is 9.91. The van der Waals surface area contributed by atoms with Crippen molar-refractivity contribution in [2.45, 2.75) is 40.0 Å². The Morgan fingerprint density at radius 1 is 1.23 bits per heavy atom. The first kappa shape index (κ1) is 18.9. The molecule has 0 bridgehead atoms. The van der Waals surface area contributed by atoms with Crippen molar-refractivity contribution in [2.24, 2.45) is 11.8 Å². The molecule has 7 heteroatoms. The summed E-state index contributed by atoms with van der Waals surface area (Å²) in [5, 5.41) is 0. The monoisotopic (exact) mass is 362 g/mol. The van der Waals surface area contributed by atoms with Gasteiger partial charge < -0.3 is 14.5 Å². The molecule has 0 spiro atoms. The Kier molecular flexibility index (Phi) is 5.96. The zero-order chi connectivity index (χ0) is 18.7. The van der Waals surface area contributed by atoms with E-state index in [0.29, 0.717) is 55.1 Å². The van der Waals surface area contributed by atoms with Crippen LogP contribution in [0.2, 0.25) is 0 Å². The lowest BCUT2D eigenvalue weighted by molar-refractivity contribution is -0.133. The number of morpholine rings is 1. The molecule has 2 aliphatic rings. The molecule has 2 saturated heterocycles. The zero-order valence-corrected chi connectivity index (χ0v) is 16.1. The highest BCUT2D eigenvalue weighted by Crippen LogP contribution is 2.22. The fourth-order valence-corrected chi connectivity index (χ4v) is 4.07. The molecule has 2 atom stereocenters. The van der Waals surface area contributed by atoms with Crippen LogP contribution in [0.1, 0.15) is 37.9 Å². The number of anilines is 1. The number of aromatic amines is 1. The summed E-state index contributed by atoms with van der Waals surface area (Å²) >= 11 is 0. The van der Waals surface area contributed by atoms with E-state index in [-0.39, 0.29) is 11.5 Å². The Morgan fingerprint density at radius 3 is 2.50 bits per heavy atom. The van der Waals surface area contributed by atoms with Gasteiger partial charge in [0.05, 0.1) is 13.2 Å². The van der Waals surface area contributed by atoms with Crippen LogP contribution in [0.5, 0.6) is 0 Å². The summed E-state index contributed by atoms with van der Waals surface area (Å²) in [6, 6.07) is 0. The third kappa shape index (κ3) is 4.44. The van der Waals surface area contributed by atoms with Crippen LogP contribution in [0.3, 0.4) is 0 Å². The third-order valence-corrected chi connectivity index (χ3v) is 5.33. The number of aryl methyl sites for hydroxylation is 1. The van der Waals surface area contributed by atoms with E-state index in [0.717, 1.165) is 26.2 Å². The maximum absolute atomic E-state index is 12.6. The van der Waals surface area contributed by atoms with Crippen molar-refractivity contribution in [3.8, 4) is 0 Å². The van der Waals surface area contributed by atoms with Crippen LogP contribution < -0.4 is 10.5 Å².